The van der Waals surface area contributed by atoms with Crippen LogP contribution in [0.1, 0.15) is 5.82 Å². The van der Waals surface area contributed by atoms with Gasteiger partial charge in [0.05, 0.1) is 5.52 Å². The first-order chi connectivity index (χ1) is 7.09. The Hall–Kier alpha value is -1.91. The van der Waals surface area contributed by atoms with Gasteiger partial charge in [0.25, 0.3) is 0 Å². The van der Waals surface area contributed by atoms with Gasteiger partial charge in [-0.05, 0) is 12.1 Å². The van der Waals surface area contributed by atoms with E-state index in [-0.39, 0.29) is 17.8 Å². The van der Waals surface area contributed by atoms with Crippen molar-refractivity contribution in [3.8, 4) is 0 Å². The van der Waals surface area contributed by atoms with Crippen LogP contribution in [0.15, 0.2) is 18.2 Å². The van der Waals surface area contributed by atoms with E-state index < -0.39 is 11.8 Å². The zero-order valence-corrected chi connectivity index (χ0v) is 8.03. The number of benzene rings is 1. The smallest absolute Gasteiger partial charge is 0.151 e. The van der Waals surface area contributed by atoms with Crippen molar-refractivity contribution in [2.75, 3.05) is 0 Å². The van der Waals surface area contributed by atoms with E-state index >= 15 is 0 Å². The number of carbonyl (C=O) groups excluding carboxylic acids is 1. The van der Waals surface area contributed by atoms with Crippen LogP contribution in [0.5, 0.6) is 0 Å². The van der Waals surface area contributed by atoms with Crippen molar-refractivity contribution in [3.63, 3.8) is 0 Å². The van der Waals surface area contributed by atoms with Crippen LogP contribution < -0.4 is 5.11 Å². The number of aliphatic carboxylic acids is 1. The quantitative estimate of drug-likeness (QED) is 0.696. The Bertz CT molecular complexity index is 533. The summed E-state index contributed by atoms with van der Waals surface area (Å²) < 4.78 is 14.8. The number of para-hydroxylation sites is 1. The number of aromatic nitrogens is 2. The molecular formula is C10H8FN2O2-. The van der Waals surface area contributed by atoms with Gasteiger partial charge in [0.15, 0.2) is 5.82 Å². The second-order valence-electron chi connectivity index (χ2n) is 3.24. The number of aryl methyl sites for hydroxylation is 1. The zero-order valence-electron chi connectivity index (χ0n) is 8.03. The Morgan fingerprint density at radius 2 is 2.33 bits per heavy atom. The number of carbonyl (C=O) groups is 1. The molecule has 0 N–H and O–H groups in total. The number of fused-ring (bicyclic) bond motifs is 1. The van der Waals surface area contributed by atoms with Crippen molar-refractivity contribution in [3.05, 3.63) is 29.8 Å². The van der Waals surface area contributed by atoms with Crippen LogP contribution in [-0.4, -0.2) is 15.5 Å². The van der Waals surface area contributed by atoms with Crippen molar-refractivity contribution in [2.45, 2.75) is 6.42 Å². The minimum Gasteiger partial charge on any atom is -0.550 e. The molecule has 0 bridgehead atoms. The number of imidazole rings is 1. The molecule has 0 radical (unpaired) electrons. The summed E-state index contributed by atoms with van der Waals surface area (Å²) in [7, 11) is 1.65. The molecule has 2 rings (SSSR count). The van der Waals surface area contributed by atoms with E-state index in [1.54, 1.807) is 23.7 Å². The third-order valence-corrected chi connectivity index (χ3v) is 2.26. The van der Waals surface area contributed by atoms with Gasteiger partial charge in [0.1, 0.15) is 11.3 Å². The van der Waals surface area contributed by atoms with E-state index in [4.69, 9.17) is 0 Å². The second-order valence-corrected chi connectivity index (χ2v) is 3.24. The van der Waals surface area contributed by atoms with Gasteiger partial charge in [-0.1, -0.05) is 6.07 Å². The fourth-order valence-electron chi connectivity index (χ4n) is 1.52. The van der Waals surface area contributed by atoms with E-state index in [0.29, 0.717) is 5.52 Å². The maximum absolute atomic E-state index is 13.3. The van der Waals surface area contributed by atoms with Crippen LogP contribution in [0, 0.1) is 5.82 Å². The number of hydrogen-bond acceptors (Lipinski definition) is 3. The number of nitrogens with zero attached hydrogens (tertiary/aromatic N) is 2. The Morgan fingerprint density at radius 3 is 2.93 bits per heavy atom. The van der Waals surface area contributed by atoms with Gasteiger partial charge in [-0.3, -0.25) is 0 Å². The molecular weight excluding hydrogens is 199 g/mol. The maximum Gasteiger partial charge on any atom is 0.151 e. The molecule has 15 heavy (non-hydrogen) atoms. The van der Waals surface area contributed by atoms with Crippen molar-refractivity contribution in [2.24, 2.45) is 7.05 Å². The van der Waals surface area contributed by atoms with Crippen LogP contribution in [0.2, 0.25) is 0 Å². The monoisotopic (exact) mass is 207 g/mol. The molecule has 1 aromatic heterocycles. The number of carboxylic acids is 1. The lowest BCUT2D eigenvalue weighted by molar-refractivity contribution is -0.304. The highest BCUT2D eigenvalue weighted by molar-refractivity contribution is 5.78. The third kappa shape index (κ3) is 1.56. The zero-order chi connectivity index (χ0) is 11.0. The summed E-state index contributed by atoms with van der Waals surface area (Å²) in [5.74, 6) is -1.39. The molecule has 0 amide bonds. The minimum atomic E-state index is -1.23. The fourth-order valence-corrected chi connectivity index (χ4v) is 1.52. The maximum atomic E-state index is 13.3. The first kappa shape index (κ1) is 9.64. The summed E-state index contributed by atoms with van der Waals surface area (Å²) >= 11 is 0. The van der Waals surface area contributed by atoms with E-state index in [0.717, 1.165) is 0 Å². The summed E-state index contributed by atoms with van der Waals surface area (Å²) in [5, 5.41) is 10.4. The Labute approximate surface area is 85.0 Å². The molecule has 0 saturated heterocycles. The Morgan fingerprint density at radius 1 is 1.60 bits per heavy atom. The number of halogens is 1. The molecule has 0 fully saturated rings. The highest BCUT2D eigenvalue weighted by Crippen LogP contribution is 2.17. The predicted molar refractivity (Wildman–Crippen MR) is 49.4 cm³/mol. The molecule has 78 valence electrons. The van der Waals surface area contributed by atoms with Gasteiger partial charge in [0.2, 0.25) is 0 Å². The van der Waals surface area contributed by atoms with Crippen LogP contribution in [0.4, 0.5) is 4.39 Å². The average molecular weight is 207 g/mol. The molecule has 1 heterocycles. The second kappa shape index (κ2) is 3.34. The van der Waals surface area contributed by atoms with Crippen molar-refractivity contribution in [1.29, 1.82) is 0 Å². The summed E-state index contributed by atoms with van der Waals surface area (Å²) in [6.45, 7) is 0. The standard InChI is InChI=1S/C10H9FN2O2/c1-13-7-4-2-3-6(11)10(7)12-8(13)5-9(14)15/h2-4H,5H2,1H3,(H,14,15)/p-1. The van der Waals surface area contributed by atoms with Gasteiger partial charge in [-0.2, -0.15) is 0 Å². The van der Waals surface area contributed by atoms with Gasteiger partial charge in [-0.15, -0.1) is 0 Å². The summed E-state index contributed by atoms with van der Waals surface area (Å²) in [5.41, 5.74) is 0.766. The van der Waals surface area contributed by atoms with Crippen LogP contribution in [0.25, 0.3) is 11.0 Å². The fraction of sp³-hybridized carbons (Fsp3) is 0.200. The van der Waals surface area contributed by atoms with Crippen molar-refractivity contribution in [1.82, 2.24) is 9.55 Å². The first-order valence-electron chi connectivity index (χ1n) is 4.39. The molecule has 5 heteroatoms. The predicted octanol–water partition coefficient (Wildman–Crippen LogP) is 0.00480. The molecule has 0 aliphatic heterocycles. The molecule has 0 aliphatic carbocycles. The molecule has 0 aliphatic rings. The van der Waals surface area contributed by atoms with E-state index in [1.807, 2.05) is 0 Å². The van der Waals surface area contributed by atoms with Gasteiger partial charge < -0.3 is 14.5 Å². The minimum absolute atomic E-state index is 0.191. The van der Waals surface area contributed by atoms with Gasteiger partial charge in [-0.25, -0.2) is 9.37 Å². The molecule has 2 aromatic rings. The normalized spacial score (nSPS) is 10.8. The summed E-state index contributed by atoms with van der Waals surface area (Å²) in [6.07, 6.45) is -0.315. The number of rotatable bonds is 2. The lowest BCUT2D eigenvalue weighted by Gasteiger charge is -2.02. The third-order valence-electron chi connectivity index (χ3n) is 2.26. The molecule has 0 spiro atoms. The van der Waals surface area contributed by atoms with Crippen LogP contribution >= 0.6 is 0 Å². The molecule has 0 atom stereocenters. The van der Waals surface area contributed by atoms with Crippen molar-refractivity contribution >= 4 is 17.0 Å². The van der Waals surface area contributed by atoms with E-state index in [2.05, 4.69) is 4.98 Å². The topological polar surface area (TPSA) is 58.0 Å². The average Bonchev–Trinajstić information content (AvgIpc) is 2.46. The molecule has 0 saturated carbocycles. The molecule has 0 unspecified atom stereocenters. The number of carboxylic acid groups (broad SMARTS) is 1. The first-order valence-corrected chi connectivity index (χ1v) is 4.39. The highest BCUT2D eigenvalue weighted by Gasteiger charge is 2.10. The van der Waals surface area contributed by atoms with Crippen molar-refractivity contribution < 1.29 is 14.3 Å². The largest absolute Gasteiger partial charge is 0.550 e. The van der Waals surface area contributed by atoms with Crippen LogP contribution in [-0.2, 0) is 18.3 Å². The summed E-state index contributed by atoms with van der Waals surface area (Å²) in [4.78, 5) is 14.3. The van der Waals surface area contributed by atoms with E-state index in [9.17, 15) is 14.3 Å². The summed E-state index contributed by atoms with van der Waals surface area (Å²) in [6, 6.07) is 4.53. The number of hydrogen-bond donors (Lipinski definition) is 0. The lowest BCUT2D eigenvalue weighted by atomic mass is 10.3. The van der Waals surface area contributed by atoms with Gasteiger partial charge >= 0.3 is 0 Å². The van der Waals surface area contributed by atoms with Gasteiger partial charge in [0, 0.05) is 19.4 Å². The highest BCUT2D eigenvalue weighted by atomic mass is 19.1. The van der Waals surface area contributed by atoms with E-state index in [1.165, 1.54) is 6.07 Å². The Balaban J connectivity index is 2.64. The SMILES string of the molecule is Cn1c(CC(=O)[O-])nc2c(F)cccc21. The molecule has 1 aromatic carbocycles. The van der Waals surface area contributed by atoms with Crippen LogP contribution in [0.3, 0.4) is 0 Å². The Kier molecular flexibility index (Phi) is 2.15. The molecule has 4 nitrogen and oxygen atoms in total. The lowest BCUT2D eigenvalue weighted by Crippen LogP contribution is -2.25.